The third kappa shape index (κ3) is 6.29. The number of carbonyl (C=O) groups is 3. The number of rotatable bonds is 11. The molecule has 0 unspecified atom stereocenters. The molecule has 0 aromatic heterocycles. The Morgan fingerprint density at radius 2 is 1.59 bits per heavy atom. The number of carbonyl (C=O) groups excluding carboxylic acids is 2. The van der Waals surface area contributed by atoms with E-state index in [1.807, 2.05) is 37.0 Å². The van der Waals surface area contributed by atoms with Crippen LogP contribution in [-0.2, 0) is 20.8 Å². The lowest BCUT2D eigenvalue weighted by Gasteiger charge is -2.49. The Morgan fingerprint density at radius 3 is 2.07 bits per heavy atom. The molecule has 0 saturated heterocycles. The highest BCUT2D eigenvalue weighted by atomic mass is 16.5. The first-order chi connectivity index (χ1) is 19.3. The number of Topliss-reactive ketones (excluding diaryl/α,β-unsaturated/α-hetero) is 2. The van der Waals surface area contributed by atoms with Gasteiger partial charge in [-0.15, -0.1) is 6.58 Å². The molecule has 2 aliphatic carbocycles. The second-order valence-corrected chi connectivity index (χ2v) is 13.1. The molecule has 1 heterocycles. The quantitative estimate of drug-likeness (QED) is 0.297. The van der Waals surface area contributed by atoms with Crippen LogP contribution in [0, 0.1) is 10.8 Å². The largest absolute Gasteiger partial charge is 0.490 e. The third-order valence-electron chi connectivity index (χ3n) is 8.17. The summed E-state index contributed by atoms with van der Waals surface area (Å²) < 4.78 is 12.2. The lowest BCUT2D eigenvalue weighted by atomic mass is 9.63. The zero-order valence-corrected chi connectivity index (χ0v) is 25.5. The first kappa shape index (κ1) is 30.6. The van der Waals surface area contributed by atoms with Crippen LogP contribution in [0.5, 0.6) is 11.5 Å². The molecule has 4 rings (SSSR count). The van der Waals surface area contributed by atoms with Gasteiger partial charge in [-0.3, -0.25) is 14.4 Å². The molecule has 0 atom stereocenters. The summed E-state index contributed by atoms with van der Waals surface area (Å²) in [5.41, 5.74) is 4.12. The molecule has 1 aromatic carbocycles. The fraction of sp³-hybridized carbons (Fsp3) is 0.559. The predicted molar refractivity (Wildman–Crippen MR) is 159 cm³/mol. The molecule has 1 N–H and O–H groups in total. The van der Waals surface area contributed by atoms with Gasteiger partial charge < -0.3 is 19.5 Å². The van der Waals surface area contributed by atoms with Gasteiger partial charge in [0.15, 0.2) is 23.1 Å². The number of aliphatic carboxylic acids is 1. The van der Waals surface area contributed by atoms with E-state index in [9.17, 15) is 19.5 Å². The van der Waals surface area contributed by atoms with E-state index in [1.54, 1.807) is 0 Å². The molecule has 0 fully saturated rings. The van der Waals surface area contributed by atoms with E-state index in [1.165, 1.54) is 0 Å². The van der Waals surface area contributed by atoms with Crippen LogP contribution in [0.25, 0.3) is 0 Å². The number of benzene rings is 1. The number of hydrogen-bond acceptors (Lipinski definition) is 6. The van der Waals surface area contributed by atoms with E-state index in [0.717, 1.165) is 28.9 Å². The summed E-state index contributed by atoms with van der Waals surface area (Å²) in [6, 6.07) is 3.98. The zero-order valence-electron chi connectivity index (χ0n) is 25.5. The minimum absolute atomic E-state index is 0.0142. The van der Waals surface area contributed by atoms with Crippen molar-refractivity contribution in [1.82, 2.24) is 4.90 Å². The van der Waals surface area contributed by atoms with Crippen LogP contribution in [0.3, 0.4) is 0 Å². The second-order valence-electron chi connectivity index (χ2n) is 13.1. The van der Waals surface area contributed by atoms with E-state index >= 15 is 0 Å². The monoisotopic (exact) mass is 563 g/mol. The summed E-state index contributed by atoms with van der Waals surface area (Å²) in [5, 5.41) is 9.60. The summed E-state index contributed by atoms with van der Waals surface area (Å²) in [6.45, 7) is 17.4. The number of carboxylic acid groups (broad SMARTS) is 1. The average molecular weight is 564 g/mol. The minimum Gasteiger partial charge on any atom is -0.490 e. The Bertz CT molecular complexity index is 1260. The molecule has 0 spiro atoms. The molecule has 7 nitrogen and oxygen atoms in total. The maximum atomic E-state index is 14.0. The van der Waals surface area contributed by atoms with Crippen LogP contribution >= 0.6 is 0 Å². The van der Waals surface area contributed by atoms with Crippen molar-refractivity contribution in [2.75, 3.05) is 19.8 Å². The standard InChI is InChI=1S/C34H45NO6/c1-8-11-21-15-22(16-27(40-10-3)32(21)41-14-9-2)29-30-23(17-33(4,5)19-25(30)36)35(13-12-28(38)39)24-18-34(6,7)20-26(37)31(24)29/h8,15-16,29H,1,9-14,17-20H2,2-7H3,(H,38,39). The van der Waals surface area contributed by atoms with Gasteiger partial charge in [-0.2, -0.15) is 0 Å². The Balaban J connectivity index is 2.02. The first-order valence-electron chi connectivity index (χ1n) is 14.9. The first-order valence-corrected chi connectivity index (χ1v) is 14.9. The van der Waals surface area contributed by atoms with Crippen LogP contribution in [-0.4, -0.2) is 47.3 Å². The van der Waals surface area contributed by atoms with E-state index in [2.05, 4.69) is 34.3 Å². The van der Waals surface area contributed by atoms with Crippen molar-refractivity contribution in [3.05, 3.63) is 58.5 Å². The van der Waals surface area contributed by atoms with Gasteiger partial charge in [0.25, 0.3) is 0 Å². The van der Waals surface area contributed by atoms with E-state index < -0.39 is 11.9 Å². The smallest absolute Gasteiger partial charge is 0.305 e. The molecular weight excluding hydrogens is 518 g/mol. The third-order valence-corrected chi connectivity index (χ3v) is 8.17. The van der Waals surface area contributed by atoms with Crippen LogP contribution in [0.15, 0.2) is 47.3 Å². The maximum Gasteiger partial charge on any atom is 0.305 e. The van der Waals surface area contributed by atoms with E-state index in [0.29, 0.717) is 68.0 Å². The van der Waals surface area contributed by atoms with Gasteiger partial charge in [0.1, 0.15) is 0 Å². The number of nitrogens with zero attached hydrogens (tertiary/aromatic N) is 1. The number of carboxylic acids is 1. The Morgan fingerprint density at radius 1 is 1.00 bits per heavy atom. The fourth-order valence-electron chi connectivity index (χ4n) is 6.65. The molecule has 0 amide bonds. The van der Waals surface area contributed by atoms with Gasteiger partial charge in [0.05, 0.1) is 19.6 Å². The number of hydrogen-bond donors (Lipinski definition) is 1. The van der Waals surface area contributed by atoms with E-state index in [-0.39, 0.29) is 35.4 Å². The van der Waals surface area contributed by atoms with Gasteiger partial charge in [-0.1, -0.05) is 46.8 Å². The summed E-state index contributed by atoms with van der Waals surface area (Å²) in [7, 11) is 0. The van der Waals surface area contributed by atoms with Crippen LogP contribution in [0.2, 0.25) is 0 Å². The summed E-state index contributed by atoms with van der Waals surface area (Å²) in [6.07, 6.45) is 5.12. The molecule has 3 aliphatic rings. The van der Waals surface area contributed by atoms with Crippen molar-refractivity contribution >= 4 is 17.5 Å². The molecule has 41 heavy (non-hydrogen) atoms. The van der Waals surface area contributed by atoms with Crippen LogP contribution < -0.4 is 9.47 Å². The molecule has 0 saturated carbocycles. The molecule has 222 valence electrons. The maximum absolute atomic E-state index is 14.0. The second kappa shape index (κ2) is 11.9. The summed E-state index contributed by atoms with van der Waals surface area (Å²) in [5.74, 6) is -0.152. The van der Waals surface area contributed by atoms with Crippen molar-refractivity contribution in [1.29, 1.82) is 0 Å². The van der Waals surface area contributed by atoms with E-state index in [4.69, 9.17) is 9.47 Å². The van der Waals surface area contributed by atoms with Crippen LogP contribution in [0.4, 0.5) is 0 Å². The van der Waals surface area contributed by atoms with Crippen molar-refractivity contribution < 1.29 is 29.0 Å². The van der Waals surface area contributed by atoms with Gasteiger partial charge in [-0.05, 0) is 55.1 Å². The lowest BCUT2D eigenvalue weighted by molar-refractivity contribution is -0.137. The molecule has 7 heteroatoms. The Labute approximate surface area is 244 Å². The van der Waals surface area contributed by atoms with Gasteiger partial charge in [0.2, 0.25) is 0 Å². The lowest BCUT2D eigenvalue weighted by Crippen LogP contribution is -2.45. The molecule has 0 bridgehead atoms. The van der Waals surface area contributed by atoms with Crippen molar-refractivity contribution in [2.45, 2.75) is 92.4 Å². The van der Waals surface area contributed by atoms with Gasteiger partial charge >= 0.3 is 5.97 Å². The topological polar surface area (TPSA) is 93.1 Å². The average Bonchev–Trinajstić information content (AvgIpc) is 2.85. The van der Waals surface area contributed by atoms with Crippen LogP contribution in [0.1, 0.15) is 97.1 Å². The zero-order chi connectivity index (χ0) is 30.1. The minimum atomic E-state index is -0.905. The van der Waals surface area contributed by atoms with Crippen molar-refractivity contribution in [3.63, 3.8) is 0 Å². The highest BCUT2D eigenvalue weighted by Gasteiger charge is 2.49. The van der Waals surface area contributed by atoms with Crippen molar-refractivity contribution in [2.24, 2.45) is 10.8 Å². The fourth-order valence-corrected chi connectivity index (χ4v) is 6.65. The SMILES string of the molecule is C=CCc1cc(C2C3=C(CC(C)(C)CC3=O)N(CCC(=O)O)C3=C2C(=O)CC(C)(C)C3)cc(OCC)c1OCCC. The molecule has 0 radical (unpaired) electrons. The normalized spacial score (nSPS) is 20.1. The number of ketones is 2. The highest BCUT2D eigenvalue weighted by molar-refractivity contribution is 6.07. The van der Waals surface area contributed by atoms with Crippen molar-refractivity contribution in [3.8, 4) is 11.5 Å². The summed E-state index contributed by atoms with van der Waals surface area (Å²) >= 11 is 0. The Kier molecular flexibility index (Phi) is 8.86. The number of allylic oxidation sites excluding steroid dienone is 5. The molecular formula is C34H45NO6. The Hall–Kier alpha value is -3.35. The summed E-state index contributed by atoms with van der Waals surface area (Å²) in [4.78, 5) is 41.8. The predicted octanol–water partition coefficient (Wildman–Crippen LogP) is 6.76. The van der Waals surface area contributed by atoms with Gasteiger partial charge in [0, 0.05) is 53.4 Å². The number of ether oxygens (including phenoxy) is 2. The molecule has 1 aliphatic heterocycles. The highest BCUT2D eigenvalue weighted by Crippen LogP contribution is 2.55. The van der Waals surface area contributed by atoms with Gasteiger partial charge in [-0.25, -0.2) is 0 Å². The molecule has 1 aromatic rings.